The fraction of sp³-hybridized carbons (Fsp3) is 0.0800. The summed E-state index contributed by atoms with van der Waals surface area (Å²) in [7, 11) is 1.34. The number of nitrogens with zero attached hydrogens (tertiary/aromatic N) is 4. The van der Waals surface area contributed by atoms with Gasteiger partial charge >= 0.3 is 5.97 Å². The molecule has 3 aromatic carbocycles. The third-order valence-electron chi connectivity index (χ3n) is 5.28. The predicted octanol–water partition coefficient (Wildman–Crippen LogP) is 6.17. The number of hydrogen-bond acceptors (Lipinski definition) is 7. The average molecular weight is 509 g/mol. The molecule has 0 radical (unpaired) electrons. The molecule has 0 saturated heterocycles. The van der Waals surface area contributed by atoms with Crippen molar-refractivity contribution in [2.24, 2.45) is 10.2 Å². The Bertz CT molecular complexity index is 1310. The summed E-state index contributed by atoms with van der Waals surface area (Å²) in [6.07, 6.45) is 3.91. The molecule has 6 nitrogen and oxygen atoms in total. The zero-order chi connectivity index (χ0) is 23.7. The molecule has 0 unspecified atom stereocenters. The molecule has 0 aliphatic carbocycles. The van der Waals surface area contributed by atoms with Gasteiger partial charge in [-0.05, 0) is 72.4 Å². The second-order valence-corrected chi connectivity index (χ2v) is 9.48. The maximum Gasteiger partial charge on any atom is 0.365 e. The van der Waals surface area contributed by atoms with Crippen LogP contribution in [0.25, 0.3) is 0 Å². The van der Waals surface area contributed by atoms with Gasteiger partial charge in [0.05, 0.1) is 24.2 Å². The van der Waals surface area contributed by atoms with Crippen molar-refractivity contribution in [1.82, 2.24) is 0 Å². The van der Waals surface area contributed by atoms with Gasteiger partial charge in [0.1, 0.15) is 0 Å². The quantitative estimate of drug-likeness (QED) is 0.394. The Kier molecular flexibility index (Phi) is 6.08. The number of esters is 1. The summed E-state index contributed by atoms with van der Waals surface area (Å²) >= 11 is 13.5. The molecule has 3 aromatic rings. The van der Waals surface area contributed by atoms with E-state index in [2.05, 4.69) is 5.10 Å². The number of carbonyl (C=O) groups excluding carboxylic acids is 1. The Balaban J connectivity index is 1.66. The topological polar surface area (TPSA) is 57.5 Å². The highest BCUT2D eigenvalue weighted by atomic mass is 35.5. The summed E-state index contributed by atoms with van der Waals surface area (Å²) in [5.41, 5.74) is 3.22. The van der Waals surface area contributed by atoms with Crippen molar-refractivity contribution in [3.05, 3.63) is 107 Å². The van der Waals surface area contributed by atoms with Crippen LogP contribution in [0, 0.1) is 0 Å². The maximum atomic E-state index is 12.5. The number of para-hydroxylation sites is 1. The van der Waals surface area contributed by atoms with Gasteiger partial charge in [0, 0.05) is 15.6 Å². The molecule has 0 bridgehead atoms. The van der Waals surface area contributed by atoms with Crippen molar-refractivity contribution < 1.29 is 9.53 Å². The first kappa shape index (κ1) is 22.5. The normalized spacial score (nSPS) is 19.3. The van der Waals surface area contributed by atoms with E-state index in [0.29, 0.717) is 10.0 Å². The van der Waals surface area contributed by atoms with Gasteiger partial charge < -0.3 is 4.74 Å². The first-order chi connectivity index (χ1) is 16.5. The lowest BCUT2D eigenvalue weighted by Crippen LogP contribution is -2.53. The lowest BCUT2D eigenvalue weighted by Gasteiger charge is -2.43. The van der Waals surface area contributed by atoms with Gasteiger partial charge in [-0.15, -0.1) is 0 Å². The largest absolute Gasteiger partial charge is 0.464 e. The molecule has 170 valence electrons. The zero-order valence-corrected chi connectivity index (χ0v) is 20.3. The number of hydrazone groups is 2. The number of hydrogen-bond donors (Lipinski definition) is 0. The van der Waals surface area contributed by atoms with Crippen molar-refractivity contribution in [3.63, 3.8) is 0 Å². The molecule has 1 spiro atoms. The molecule has 2 aliphatic heterocycles. The highest BCUT2D eigenvalue weighted by Gasteiger charge is 2.51. The van der Waals surface area contributed by atoms with Gasteiger partial charge in [0.25, 0.3) is 0 Å². The number of thioether (sulfide) groups is 1. The summed E-state index contributed by atoms with van der Waals surface area (Å²) in [5, 5.41) is 14.7. The van der Waals surface area contributed by atoms with Crippen molar-refractivity contribution in [2.75, 3.05) is 17.1 Å². The first-order valence-electron chi connectivity index (χ1n) is 10.3. The number of anilines is 2. The van der Waals surface area contributed by atoms with Gasteiger partial charge in [-0.3, -0.25) is 0 Å². The molecule has 1 atom stereocenters. The monoisotopic (exact) mass is 508 g/mol. The number of methoxy groups -OCH3 is 1. The molecular formula is C25H18Cl2N4O2S. The summed E-state index contributed by atoms with van der Waals surface area (Å²) in [6, 6.07) is 24.5. The molecule has 2 aliphatic rings. The summed E-state index contributed by atoms with van der Waals surface area (Å²) in [6.45, 7) is 0. The van der Waals surface area contributed by atoms with Crippen LogP contribution in [0.1, 0.15) is 5.56 Å². The van der Waals surface area contributed by atoms with E-state index in [1.807, 2.05) is 83.9 Å². The standard InChI is InChI=1S/C25H18Cl2N4O2S/c1-33-24(32)23-29-31(21-13-11-19(27)12-14-21)25(34-23)16-15-22(17-7-9-18(26)10-8-17)28-30(25)20-5-3-2-4-6-20/h2-16H,1H3/t25-/m0/s1. The lowest BCUT2D eigenvalue weighted by atomic mass is 10.1. The van der Waals surface area contributed by atoms with Crippen molar-refractivity contribution in [1.29, 1.82) is 0 Å². The van der Waals surface area contributed by atoms with Crippen LogP contribution in [0.2, 0.25) is 10.0 Å². The Hall–Kier alpha value is -3.26. The van der Waals surface area contributed by atoms with Crippen LogP contribution in [-0.4, -0.2) is 28.8 Å². The van der Waals surface area contributed by atoms with Crippen LogP contribution >= 0.6 is 35.0 Å². The number of carbonyl (C=O) groups is 1. The summed E-state index contributed by atoms with van der Waals surface area (Å²) in [5.74, 6) is -0.519. The van der Waals surface area contributed by atoms with Gasteiger partial charge in [-0.25, -0.2) is 14.8 Å². The average Bonchev–Trinajstić information content (AvgIpc) is 3.25. The Morgan fingerprint density at radius 2 is 1.44 bits per heavy atom. The minimum Gasteiger partial charge on any atom is -0.464 e. The molecule has 34 heavy (non-hydrogen) atoms. The van der Waals surface area contributed by atoms with Gasteiger partial charge in [-0.2, -0.15) is 10.2 Å². The fourth-order valence-corrected chi connectivity index (χ4v) is 5.09. The summed E-state index contributed by atoms with van der Waals surface area (Å²) < 4.78 is 4.98. The zero-order valence-electron chi connectivity index (χ0n) is 17.9. The number of benzene rings is 3. The second-order valence-electron chi connectivity index (χ2n) is 7.42. The predicted molar refractivity (Wildman–Crippen MR) is 140 cm³/mol. The highest BCUT2D eigenvalue weighted by molar-refractivity contribution is 8.17. The highest BCUT2D eigenvalue weighted by Crippen LogP contribution is 2.48. The van der Waals surface area contributed by atoms with Crippen LogP contribution in [0.5, 0.6) is 0 Å². The minimum absolute atomic E-state index is 0.216. The second kappa shape index (κ2) is 9.18. The fourth-order valence-electron chi connectivity index (χ4n) is 3.66. The van der Waals surface area contributed by atoms with E-state index in [0.717, 1.165) is 22.6 Å². The summed E-state index contributed by atoms with van der Waals surface area (Å²) in [4.78, 5) is 11.5. The van der Waals surface area contributed by atoms with Gasteiger partial charge in [0.2, 0.25) is 10.0 Å². The Morgan fingerprint density at radius 1 is 0.853 bits per heavy atom. The van der Waals surface area contributed by atoms with Crippen LogP contribution in [0.15, 0.2) is 101 Å². The Morgan fingerprint density at radius 3 is 2.09 bits per heavy atom. The minimum atomic E-state index is -0.991. The Labute approximate surface area is 211 Å². The third-order valence-corrected chi connectivity index (χ3v) is 7.01. The van der Waals surface area contributed by atoms with E-state index in [9.17, 15) is 4.79 Å². The van der Waals surface area contributed by atoms with E-state index >= 15 is 0 Å². The number of ether oxygens (including phenoxy) is 1. The molecule has 5 rings (SSSR count). The molecule has 0 N–H and O–H groups in total. The number of rotatable bonds is 4. The first-order valence-corrected chi connectivity index (χ1v) is 11.9. The van der Waals surface area contributed by atoms with E-state index in [1.165, 1.54) is 18.9 Å². The lowest BCUT2D eigenvalue weighted by molar-refractivity contribution is -0.132. The molecule has 2 heterocycles. The third kappa shape index (κ3) is 4.07. The smallest absolute Gasteiger partial charge is 0.365 e. The number of allylic oxidation sites excluding steroid dienone is 1. The van der Waals surface area contributed by atoms with Crippen LogP contribution in [-0.2, 0) is 9.53 Å². The molecule has 0 amide bonds. The molecule has 0 fully saturated rings. The van der Waals surface area contributed by atoms with E-state index < -0.39 is 11.0 Å². The van der Waals surface area contributed by atoms with Crippen molar-refractivity contribution >= 4 is 63.1 Å². The van der Waals surface area contributed by atoms with Crippen molar-refractivity contribution in [2.45, 2.75) is 4.99 Å². The van der Waals surface area contributed by atoms with Crippen LogP contribution < -0.4 is 10.0 Å². The maximum absolute atomic E-state index is 12.5. The molecular weight excluding hydrogens is 491 g/mol. The van der Waals surface area contributed by atoms with E-state index in [4.69, 9.17) is 33.0 Å². The van der Waals surface area contributed by atoms with E-state index in [1.54, 1.807) is 17.1 Å². The van der Waals surface area contributed by atoms with Gasteiger partial charge in [0.15, 0.2) is 0 Å². The number of halogens is 2. The van der Waals surface area contributed by atoms with Crippen LogP contribution in [0.3, 0.4) is 0 Å². The van der Waals surface area contributed by atoms with E-state index in [-0.39, 0.29) is 5.04 Å². The molecule has 0 saturated carbocycles. The van der Waals surface area contributed by atoms with Crippen LogP contribution in [0.4, 0.5) is 11.4 Å². The van der Waals surface area contributed by atoms with Gasteiger partial charge in [-0.1, -0.05) is 53.5 Å². The van der Waals surface area contributed by atoms with Crippen molar-refractivity contribution in [3.8, 4) is 0 Å². The SMILES string of the molecule is COC(=O)C1=NN(c2ccc(Cl)cc2)[C@@]2(C=CC(c3ccc(Cl)cc3)=NN2c2ccccc2)S1. The molecule has 0 aromatic heterocycles. The molecule has 9 heteroatoms.